The van der Waals surface area contributed by atoms with Crippen molar-refractivity contribution in [3.05, 3.63) is 12.2 Å². The average Bonchev–Trinajstić information content (AvgIpc) is 2.35. The molecule has 0 aliphatic carbocycles. The van der Waals surface area contributed by atoms with Gasteiger partial charge in [0.1, 0.15) is 0 Å². The van der Waals surface area contributed by atoms with Gasteiger partial charge < -0.3 is 14.2 Å². The predicted octanol–water partition coefficient (Wildman–Crippen LogP) is 0.458. The van der Waals surface area contributed by atoms with Crippen molar-refractivity contribution in [3.63, 3.8) is 0 Å². The first-order chi connectivity index (χ1) is 7.96. The number of esters is 3. The molecule has 0 aliphatic heterocycles. The molecule has 0 aliphatic rings. The SMILES string of the molecule is C=C(CC(CC(=O)OC)C(=O)OC)C(=O)OC. The van der Waals surface area contributed by atoms with Crippen LogP contribution in [0.15, 0.2) is 12.2 Å². The number of hydrogen-bond acceptors (Lipinski definition) is 6. The van der Waals surface area contributed by atoms with Gasteiger partial charge in [0.15, 0.2) is 0 Å². The van der Waals surface area contributed by atoms with Crippen molar-refractivity contribution in [2.75, 3.05) is 21.3 Å². The molecule has 0 saturated heterocycles. The summed E-state index contributed by atoms with van der Waals surface area (Å²) in [6.07, 6.45) is -0.173. The van der Waals surface area contributed by atoms with Crippen molar-refractivity contribution in [2.24, 2.45) is 5.92 Å². The number of rotatable bonds is 6. The van der Waals surface area contributed by atoms with Crippen molar-refractivity contribution < 1.29 is 28.6 Å². The summed E-state index contributed by atoms with van der Waals surface area (Å²) in [5, 5.41) is 0. The number of hydrogen-bond donors (Lipinski definition) is 0. The zero-order valence-electron chi connectivity index (χ0n) is 10.1. The molecule has 0 fully saturated rings. The van der Waals surface area contributed by atoms with E-state index in [1.165, 1.54) is 21.3 Å². The molecule has 6 nitrogen and oxygen atoms in total. The van der Waals surface area contributed by atoms with E-state index in [4.69, 9.17) is 0 Å². The first-order valence-electron chi connectivity index (χ1n) is 4.87. The lowest BCUT2D eigenvalue weighted by Crippen LogP contribution is -2.22. The molecule has 0 amide bonds. The number of carbonyl (C=O) groups excluding carboxylic acids is 3. The van der Waals surface area contributed by atoms with Crippen LogP contribution >= 0.6 is 0 Å². The Labute approximate surface area is 99.5 Å². The minimum absolute atomic E-state index is 0.00551. The van der Waals surface area contributed by atoms with E-state index in [9.17, 15) is 14.4 Å². The van der Waals surface area contributed by atoms with Gasteiger partial charge in [0.05, 0.1) is 33.7 Å². The third-order valence-electron chi connectivity index (χ3n) is 2.14. The maximum absolute atomic E-state index is 11.4. The molecule has 0 aromatic heterocycles. The highest BCUT2D eigenvalue weighted by Crippen LogP contribution is 2.17. The molecule has 6 heteroatoms. The summed E-state index contributed by atoms with van der Waals surface area (Å²) < 4.78 is 13.4. The topological polar surface area (TPSA) is 78.9 Å². The van der Waals surface area contributed by atoms with Crippen LogP contribution in [0.25, 0.3) is 0 Å². The second-order valence-electron chi connectivity index (χ2n) is 3.30. The van der Waals surface area contributed by atoms with E-state index in [2.05, 4.69) is 20.8 Å². The van der Waals surface area contributed by atoms with Gasteiger partial charge in [-0.3, -0.25) is 9.59 Å². The quantitative estimate of drug-likeness (QED) is 0.383. The average molecular weight is 244 g/mol. The first kappa shape index (κ1) is 15.2. The number of carbonyl (C=O) groups is 3. The highest BCUT2D eigenvalue weighted by Gasteiger charge is 2.26. The third kappa shape index (κ3) is 5.14. The van der Waals surface area contributed by atoms with E-state index >= 15 is 0 Å². The molecular formula is C11H16O6. The molecule has 0 saturated carbocycles. The van der Waals surface area contributed by atoms with Crippen LogP contribution in [0.2, 0.25) is 0 Å². The fourth-order valence-electron chi connectivity index (χ4n) is 1.22. The van der Waals surface area contributed by atoms with Crippen LogP contribution in [-0.2, 0) is 28.6 Å². The van der Waals surface area contributed by atoms with Gasteiger partial charge in [0.2, 0.25) is 0 Å². The highest BCUT2D eigenvalue weighted by molar-refractivity contribution is 5.89. The van der Waals surface area contributed by atoms with Crippen LogP contribution in [0.4, 0.5) is 0 Å². The molecule has 1 unspecified atom stereocenters. The molecule has 0 rings (SSSR count). The Bertz CT molecular complexity index is 320. The second kappa shape index (κ2) is 7.43. The van der Waals surface area contributed by atoms with E-state index < -0.39 is 23.8 Å². The monoisotopic (exact) mass is 244 g/mol. The van der Waals surface area contributed by atoms with Crippen LogP contribution in [0, 0.1) is 5.92 Å². The normalized spacial score (nSPS) is 11.2. The maximum Gasteiger partial charge on any atom is 0.333 e. The summed E-state index contributed by atoms with van der Waals surface area (Å²) in [5.74, 6) is -2.57. The standard InChI is InChI=1S/C11H16O6/c1-7(10(13)16-3)5-8(11(14)17-4)6-9(12)15-2/h8H,1,5-6H2,2-4H3. The van der Waals surface area contributed by atoms with Gasteiger partial charge in [-0.2, -0.15) is 0 Å². The molecule has 0 aromatic rings. The van der Waals surface area contributed by atoms with Crippen molar-refractivity contribution >= 4 is 17.9 Å². The van der Waals surface area contributed by atoms with Gasteiger partial charge in [-0.05, 0) is 6.42 Å². The molecule has 0 radical (unpaired) electrons. The van der Waals surface area contributed by atoms with Crippen molar-refractivity contribution in [2.45, 2.75) is 12.8 Å². The molecule has 17 heavy (non-hydrogen) atoms. The Morgan fingerprint density at radius 1 is 1.00 bits per heavy atom. The Kier molecular flexibility index (Phi) is 6.62. The largest absolute Gasteiger partial charge is 0.469 e. The summed E-state index contributed by atoms with van der Waals surface area (Å²) in [6, 6.07) is 0. The molecule has 0 bridgehead atoms. The summed E-state index contributed by atoms with van der Waals surface area (Å²) in [4.78, 5) is 33.6. The van der Waals surface area contributed by atoms with E-state index in [0.29, 0.717) is 0 Å². The molecule has 96 valence electrons. The lowest BCUT2D eigenvalue weighted by molar-refractivity contribution is -0.152. The number of methoxy groups -OCH3 is 3. The highest BCUT2D eigenvalue weighted by atomic mass is 16.5. The van der Waals surface area contributed by atoms with Gasteiger partial charge in [0, 0.05) is 5.57 Å². The Morgan fingerprint density at radius 3 is 2.00 bits per heavy atom. The summed E-state index contributed by atoms with van der Waals surface area (Å²) in [5.41, 5.74) is 0.104. The maximum atomic E-state index is 11.4. The van der Waals surface area contributed by atoms with Crippen molar-refractivity contribution in [1.29, 1.82) is 0 Å². The molecule has 0 aromatic carbocycles. The summed E-state index contributed by atoms with van der Waals surface area (Å²) in [7, 11) is 3.63. The van der Waals surface area contributed by atoms with Gasteiger partial charge in [-0.15, -0.1) is 0 Å². The van der Waals surface area contributed by atoms with Crippen LogP contribution in [0.5, 0.6) is 0 Å². The third-order valence-corrected chi connectivity index (χ3v) is 2.14. The van der Waals surface area contributed by atoms with E-state index in [0.717, 1.165) is 0 Å². The van der Waals surface area contributed by atoms with Crippen LogP contribution in [-0.4, -0.2) is 39.2 Å². The van der Waals surface area contributed by atoms with Crippen LogP contribution in [0.1, 0.15) is 12.8 Å². The van der Waals surface area contributed by atoms with Gasteiger partial charge in [-0.1, -0.05) is 6.58 Å². The molecular weight excluding hydrogens is 228 g/mol. The minimum Gasteiger partial charge on any atom is -0.469 e. The van der Waals surface area contributed by atoms with Gasteiger partial charge >= 0.3 is 17.9 Å². The van der Waals surface area contributed by atoms with E-state index in [-0.39, 0.29) is 18.4 Å². The fourth-order valence-corrected chi connectivity index (χ4v) is 1.22. The Balaban J connectivity index is 4.60. The molecule has 0 heterocycles. The van der Waals surface area contributed by atoms with E-state index in [1.807, 2.05) is 0 Å². The fraction of sp³-hybridized carbons (Fsp3) is 0.545. The predicted molar refractivity (Wildman–Crippen MR) is 57.9 cm³/mol. The summed E-state index contributed by atoms with van der Waals surface area (Å²) >= 11 is 0. The lowest BCUT2D eigenvalue weighted by Gasteiger charge is -2.13. The number of ether oxygens (including phenoxy) is 3. The Morgan fingerprint density at radius 2 is 1.59 bits per heavy atom. The summed E-state index contributed by atoms with van der Waals surface area (Å²) in [6.45, 7) is 3.48. The van der Waals surface area contributed by atoms with Crippen LogP contribution < -0.4 is 0 Å². The zero-order chi connectivity index (χ0) is 13.4. The lowest BCUT2D eigenvalue weighted by atomic mass is 9.97. The van der Waals surface area contributed by atoms with Gasteiger partial charge in [-0.25, -0.2) is 4.79 Å². The molecule has 0 N–H and O–H groups in total. The first-order valence-corrected chi connectivity index (χ1v) is 4.87. The van der Waals surface area contributed by atoms with Crippen molar-refractivity contribution in [3.8, 4) is 0 Å². The van der Waals surface area contributed by atoms with Crippen LogP contribution in [0.3, 0.4) is 0 Å². The second-order valence-corrected chi connectivity index (χ2v) is 3.30. The minimum atomic E-state index is -0.793. The molecule has 0 spiro atoms. The molecule has 1 atom stereocenters. The van der Waals surface area contributed by atoms with Gasteiger partial charge in [0.25, 0.3) is 0 Å². The van der Waals surface area contributed by atoms with Crippen molar-refractivity contribution in [1.82, 2.24) is 0 Å². The smallest absolute Gasteiger partial charge is 0.333 e. The zero-order valence-corrected chi connectivity index (χ0v) is 10.1. The van der Waals surface area contributed by atoms with E-state index in [1.54, 1.807) is 0 Å². The Hall–Kier alpha value is -1.85.